The molecule has 17 heavy (non-hydrogen) atoms. The first-order valence-corrected chi connectivity index (χ1v) is 6.03. The van der Waals surface area contributed by atoms with Crippen molar-refractivity contribution in [1.82, 2.24) is 4.90 Å². The molecule has 0 aromatic heterocycles. The SMILES string of the molecule is Cc1cccc(C#N)c1NCCCCN(C)C. The molecule has 0 saturated carbocycles. The van der Waals surface area contributed by atoms with Crippen LogP contribution in [0.5, 0.6) is 0 Å². The predicted molar refractivity (Wildman–Crippen MR) is 72.2 cm³/mol. The zero-order valence-electron chi connectivity index (χ0n) is 11.0. The summed E-state index contributed by atoms with van der Waals surface area (Å²) in [4.78, 5) is 2.19. The van der Waals surface area contributed by atoms with Gasteiger partial charge in [-0.05, 0) is 52.0 Å². The molecule has 0 heterocycles. The maximum Gasteiger partial charge on any atom is 0.101 e. The minimum absolute atomic E-state index is 0.734. The number of nitrogens with one attached hydrogen (secondary N) is 1. The van der Waals surface area contributed by atoms with Crippen LogP contribution in [0.1, 0.15) is 24.0 Å². The van der Waals surface area contributed by atoms with Crippen molar-refractivity contribution < 1.29 is 0 Å². The van der Waals surface area contributed by atoms with E-state index in [1.165, 1.54) is 6.42 Å². The Hall–Kier alpha value is -1.53. The van der Waals surface area contributed by atoms with E-state index in [4.69, 9.17) is 5.26 Å². The molecule has 0 amide bonds. The lowest BCUT2D eigenvalue weighted by atomic mass is 10.1. The number of unbranched alkanes of at least 4 members (excludes halogenated alkanes) is 1. The van der Waals surface area contributed by atoms with E-state index in [1.807, 2.05) is 25.1 Å². The summed E-state index contributed by atoms with van der Waals surface area (Å²) in [7, 11) is 4.17. The third-order valence-corrected chi connectivity index (χ3v) is 2.73. The van der Waals surface area contributed by atoms with Crippen molar-refractivity contribution in [3.8, 4) is 6.07 Å². The van der Waals surface area contributed by atoms with E-state index in [0.29, 0.717) is 0 Å². The maximum absolute atomic E-state index is 9.02. The fourth-order valence-electron chi connectivity index (χ4n) is 1.76. The lowest BCUT2D eigenvalue weighted by molar-refractivity contribution is 0.396. The summed E-state index contributed by atoms with van der Waals surface area (Å²) in [6.45, 7) is 4.07. The first-order valence-electron chi connectivity index (χ1n) is 6.03. The summed E-state index contributed by atoms with van der Waals surface area (Å²) in [6.07, 6.45) is 2.30. The summed E-state index contributed by atoms with van der Waals surface area (Å²) >= 11 is 0. The molecule has 3 heteroatoms. The van der Waals surface area contributed by atoms with E-state index in [2.05, 4.69) is 30.4 Å². The smallest absolute Gasteiger partial charge is 0.101 e. The number of aryl methyl sites for hydroxylation is 1. The second kappa shape index (κ2) is 6.93. The second-order valence-corrected chi connectivity index (χ2v) is 4.55. The summed E-state index contributed by atoms with van der Waals surface area (Å²) < 4.78 is 0. The summed E-state index contributed by atoms with van der Waals surface area (Å²) in [6, 6.07) is 8.03. The first-order chi connectivity index (χ1) is 8.15. The van der Waals surface area contributed by atoms with E-state index in [9.17, 15) is 0 Å². The minimum Gasteiger partial charge on any atom is -0.384 e. The van der Waals surface area contributed by atoms with Gasteiger partial charge in [0.1, 0.15) is 6.07 Å². The highest BCUT2D eigenvalue weighted by Gasteiger charge is 2.03. The quantitative estimate of drug-likeness (QED) is 0.765. The molecule has 0 aliphatic rings. The van der Waals surface area contributed by atoms with Gasteiger partial charge in [-0.2, -0.15) is 5.26 Å². The molecule has 0 bridgehead atoms. The van der Waals surface area contributed by atoms with Crippen LogP contribution in [0.3, 0.4) is 0 Å². The lowest BCUT2D eigenvalue weighted by Crippen LogP contribution is -2.14. The molecule has 1 rings (SSSR count). The number of anilines is 1. The molecule has 1 aromatic carbocycles. The Balaban J connectivity index is 2.44. The van der Waals surface area contributed by atoms with Crippen LogP contribution in [0.4, 0.5) is 5.69 Å². The van der Waals surface area contributed by atoms with Crippen molar-refractivity contribution in [2.75, 3.05) is 32.5 Å². The summed E-state index contributed by atoms with van der Waals surface area (Å²) in [5, 5.41) is 12.4. The van der Waals surface area contributed by atoms with Crippen LogP contribution in [-0.2, 0) is 0 Å². The van der Waals surface area contributed by atoms with Crippen LogP contribution in [0, 0.1) is 18.3 Å². The normalized spacial score (nSPS) is 10.3. The largest absolute Gasteiger partial charge is 0.384 e. The van der Waals surface area contributed by atoms with Gasteiger partial charge in [0.15, 0.2) is 0 Å². The Morgan fingerprint density at radius 2 is 2.06 bits per heavy atom. The molecule has 1 aromatic rings. The standard InChI is InChI=1S/C14H21N3/c1-12-7-6-8-13(11-15)14(12)16-9-4-5-10-17(2)3/h6-8,16H,4-5,9-10H2,1-3H3. The molecule has 0 aliphatic carbocycles. The van der Waals surface area contributed by atoms with Gasteiger partial charge in [0.05, 0.1) is 11.3 Å². The fourth-order valence-corrected chi connectivity index (χ4v) is 1.76. The van der Waals surface area contributed by atoms with Gasteiger partial charge in [-0.3, -0.25) is 0 Å². The van der Waals surface area contributed by atoms with Crippen LogP contribution >= 0.6 is 0 Å². The van der Waals surface area contributed by atoms with Gasteiger partial charge >= 0.3 is 0 Å². The van der Waals surface area contributed by atoms with Crippen molar-refractivity contribution in [3.05, 3.63) is 29.3 Å². The molecule has 0 radical (unpaired) electrons. The molecule has 0 fully saturated rings. The predicted octanol–water partition coefficient (Wildman–Crippen LogP) is 2.62. The molecular weight excluding hydrogens is 210 g/mol. The fraction of sp³-hybridized carbons (Fsp3) is 0.500. The maximum atomic E-state index is 9.02. The van der Waals surface area contributed by atoms with Crippen molar-refractivity contribution in [3.63, 3.8) is 0 Å². The topological polar surface area (TPSA) is 39.1 Å². The molecule has 1 N–H and O–H groups in total. The Bertz CT molecular complexity index is 391. The van der Waals surface area contributed by atoms with E-state index < -0.39 is 0 Å². The molecule has 0 atom stereocenters. The van der Waals surface area contributed by atoms with Gasteiger partial charge in [0.25, 0.3) is 0 Å². The zero-order chi connectivity index (χ0) is 12.7. The number of nitriles is 1. The van der Waals surface area contributed by atoms with Gasteiger partial charge in [0, 0.05) is 6.54 Å². The van der Waals surface area contributed by atoms with Crippen LogP contribution in [0.15, 0.2) is 18.2 Å². The third kappa shape index (κ3) is 4.46. The Labute approximate surface area is 104 Å². The van der Waals surface area contributed by atoms with E-state index in [-0.39, 0.29) is 0 Å². The lowest BCUT2D eigenvalue weighted by Gasteiger charge is -2.12. The van der Waals surface area contributed by atoms with Crippen molar-refractivity contribution in [2.45, 2.75) is 19.8 Å². The summed E-state index contributed by atoms with van der Waals surface area (Å²) in [5.41, 5.74) is 2.86. The van der Waals surface area contributed by atoms with E-state index in [1.54, 1.807) is 0 Å². The average Bonchev–Trinajstić information content (AvgIpc) is 2.30. The van der Waals surface area contributed by atoms with Gasteiger partial charge in [-0.25, -0.2) is 0 Å². The highest BCUT2D eigenvalue weighted by Crippen LogP contribution is 2.19. The van der Waals surface area contributed by atoms with Gasteiger partial charge < -0.3 is 10.2 Å². The minimum atomic E-state index is 0.734. The monoisotopic (exact) mass is 231 g/mol. The first kappa shape index (κ1) is 13.5. The van der Waals surface area contributed by atoms with Gasteiger partial charge in [0.2, 0.25) is 0 Å². The molecule has 92 valence electrons. The van der Waals surface area contributed by atoms with Crippen molar-refractivity contribution in [1.29, 1.82) is 5.26 Å². The Kier molecular flexibility index (Phi) is 5.51. The Morgan fingerprint density at radius 1 is 1.29 bits per heavy atom. The average molecular weight is 231 g/mol. The van der Waals surface area contributed by atoms with E-state index >= 15 is 0 Å². The Morgan fingerprint density at radius 3 is 2.71 bits per heavy atom. The number of rotatable bonds is 6. The highest BCUT2D eigenvalue weighted by molar-refractivity contribution is 5.62. The zero-order valence-corrected chi connectivity index (χ0v) is 11.0. The number of hydrogen-bond acceptors (Lipinski definition) is 3. The second-order valence-electron chi connectivity index (χ2n) is 4.55. The summed E-state index contributed by atoms with van der Waals surface area (Å²) in [5.74, 6) is 0. The molecule has 0 unspecified atom stereocenters. The molecular formula is C14H21N3. The van der Waals surface area contributed by atoms with Crippen LogP contribution in [0.2, 0.25) is 0 Å². The molecule has 0 aliphatic heterocycles. The molecule has 0 saturated heterocycles. The third-order valence-electron chi connectivity index (χ3n) is 2.73. The molecule has 0 spiro atoms. The van der Waals surface area contributed by atoms with Gasteiger partial charge in [-0.1, -0.05) is 12.1 Å². The van der Waals surface area contributed by atoms with E-state index in [0.717, 1.165) is 36.3 Å². The number of benzene rings is 1. The number of hydrogen-bond donors (Lipinski definition) is 1. The van der Waals surface area contributed by atoms with Crippen LogP contribution in [0.25, 0.3) is 0 Å². The highest BCUT2D eigenvalue weighted by atomic mass is 15.0. The molecule has 3 nitrogen and oxygen atoms in total. The van der Waals surface area contributed by atoms with Crippen LogP contribution < -0.4 is 5.32 Å². The van der Waals surface area contributed by atoms with Crippen molar-refractivity contribution in [2.24, 2.45) is 0 Å². The van der Waals surface area contributed by atoms with Crippen molar-refractivity contribution >= 4 is 5.69 Å². The number of para-hydroxylation sites is 1. The van der Waals surface area contributed by atoms with Gasteiger partial charge in [-0.15, -0.1) is 0 Å². The number of nitrogens with zero attached hydrogens (tertiary/aromatic N) is 2. The van der Waals surface area contributed by atoms with Crippen LogP contribution in [-0.4, -0.2) is 32.1 Å².